The lowest BCUT2D eigenvalue weighted by Crippen LogP contribution is -2.33. The van der Waals surface area contributed by atoms with Crippen LogP contribution in [0.5, 0.6) is 0 Å². The molecule has 12 rings (SSSR count). The maximum atomic E-state index is 5.26. The van der Waals surface area contributed by atoms with Gasteiger partial charge in [0.2, 0.25) is 0 Å². The maximum absolute atomic E-state index is 5.26. The van der Waals surface area contributed by atoms with Crippen molar-refractivity contribution < 1.29 is 0 Å². The van der Waals surface area contributed by atoms with Crippen molar-refractivity contribution in [3.8, 4) is 16.8 Å². The molecule has 4 nitrogen and oxygen atoms in total. The highest BCUT2D eigenvalue weighted by molar-refractivity contribution is 7.26. The molecule has 0 saturated heterocycles. The molecule has 1 atom stereocenters. The van der Waals surface area contributed by atoms with E-state index in [9.17, 15) is 0 Å². The summed E-state index contributed by atoms with van der Waals surface area (Å²) in [6, 6.07) is 65.5. The van der Waals surface area contributed by atoms with Crippen molar-refractivity contribution in [2.75, 3.05) is 0 Å². The Hall–Kier alpha value is -6.86. The average molecular weight is 765 g/mol. The normalized spacial score (nSPS) is 14.5. The Kier molecular flexibility index (Phi) is 7.30. The molecule has 8 aromatic carbocycles. The number of hydrogen-bond acceptors (Lipinski definition) is 5. The lowest BCUT2D eigenvalue weighted by molar-refractivity contribution is 0.680. The summed E-state index contributed by atoms with van der Waals surface area (Å²) in [6.07, 6.45) is -0.314. The molecule has 0 fully saturated rings. The lowest BCUT2D eigenvalue weighted by atomic mass is 9.96. The average Bonchev–Trinajstić information content (AvgIpc) is 3.96. The number of thiophene rings is 2. The van der Waals surface area contributed by atoms with Crippen LogP contribution in [0.2, 0.25) is 0 Å². The third-order valence-electron chi connectivity index (χ3n) is 11.3. The van der Waals surface area contributed by atoms with Gasteiger partial charge in [-0.15, -0.1) is 22.7 Å². The molecule has 11 aromatic rings. The molecule has 6 heteroatoms. The molecule has 268 valence electrons. The Morgan fingerprint density at radius 1 is 0.456 bits per heavy atom. The molecule has 1 aliphatic rings. The SMILES string of the molecule is c1ccc(C2=NC(c3cccc4sc5ccc(-c6cccc7sc8cc(-n9c%10ccccc%10c%10ccccc%109)ccc8c67)cc5c34)NC(c3ccccc3)=N2)cc1. The maximum Gasteiger partial charge on any atom is 0.159 e. The molecule has 0 spiro atoms. The number of para-hydroxylation sites is 2. The first-order chi connectivity index (χ1) is 28.2. The highest BCUT2D eigenvalue weighted by atomic mass is 32.1. The summed E-state index contributed by atoms with van der Waals surface area (Å²) in [5.74, 6) is 1.55. The summed E-state index contributed by atoms with van der Waals surface area (Å²) in [6.45, 7) is 0. The number of aromatic nitrogens is 1. The van der Waals surface area contributed by atoms with Gasteiger partial charge in [-0.1, -0.05) is 133 Å². The zero-order valence-corrected chi connectivity index (χ0v) is 32.2. The number of hydrogen-bond donors (Lipinski definition) is 1. The van der Waals surface area contributed by atoms with E-state index in [1.165, 1.54) is 79.0 Å². The largest absolute Gasteiger partial charge is 0.344 e. The molecule has 3 aromatic heterocycles. The molecule has 0 aliphatic carbocycles. The van der Waals surface area contributed by atoms with Crippen LogP contribution in [0.1, 0.15) is 22.9 Å². The Morgan fingerprint density at radius 3 is 1.89 bits per heavy atom. The smallest absolute Gasteiger partial charge is 0.159 e. The van der Waals surface area contributed by atoms with Crippen LogP contribution in [0.4, 0.5) is 0 Å². The van der Waals surface area contributed by atoms with E-state index in [-0.39, 0.29) is 6.17 Å². The first kappa shape index (κ1) is 32.4. The van der Waals surface area contributed by atoms with Crippen LogP contribution in [-0.4, -0.2) is 16.2 Å². The van der Waals surface area contributed by atoms with Gasteiger partial charge in [0.15, 0.2) is 5.84 Å². The monoisotopic (exact) mass is 764 g/mol. The molecular weight excluding hydrogens is 733 g/mol. The Balaban J connectivity index is 1.00. The fraction of sp³-hybridized carbons (Fsp3) is 0.0196. The number of amidine groups is 2. The van der Waals surface area contributed by atoms with Gasteiger partial charge in [0.05, 0.1) is 11.0 Å². The zero-order chi connectivity index (χ0) is 37.5. The van der Waals surface area contributed by atoms with Crippen LogP contribution in [0, 0.1) is 0 Å². The van der Waals surface area contributed by atoms with Crippen molar-refractivity contribution in [2.45, 2.75) is 6.17 Å². The van der Waals surface area contributed by atoms with Crippen LogP contribution < -0.4 is 5.32 Å². The summed E-state index contributed by atoms with van der Waals surface area (Å²) < 4.78 is 7.50. The standard InChI is InChI=1S/C51H32N4S2/c1-3-13-31(14-4-1)49-52-50(32-15-5-2-6-16-32)54-51(53-49)39-20-12-24-45-48(39)40-29-33(25-28-43(40)56-45)35-19-11-23-44-47(35)38-27-26-34(30-46(38)57-44)55-41-21-9-7-17-36(41)37-18-8-10-22-42(37)55/h1-30,51H,(H,52,53,54). The first-order valence-electron chi connectivity index (χ1n) is 19.2. The van der Waals surface area contributed by atoms with Gasteiger partial charge in [-0.2, -0.15) is 0 Å². The van der Waals surface area contributed by atoms with Crippen LogP contribution in [0.3, 0.4) is 0 Å². The van der Waals surface area contributed by atoms with E-state index >= 15 is 0 Å². The quantitative estimate of drug-likeness (QED) is 0.186. The molecule has 1 aliphatic heterocycles. The third kappa shape index (κ3) is 5.18. The summed E-state index contributed by atoms with van der Waals surface area (Å²) in [7, 11) is 0. The highest BCUT2D eigenvalue weighted by Crippen LogP contribution is 2.45. The Labute approximate surface area is 336 Å². The van der Waals surface area contributed by atoms with Crippen LogP contribution >= 0.6 is 22.7 Å². The molecule has 1 unspecified atom stereocenters. The molecular formula is C51H32N4S2. The molecule has 0 bridgehead atoms. The summed E-state index contributed by atoms with van der Waals surface area (Å²) in [5, 5.41) is 11.3. The summed E-state index contributed by atoms with van der Waals surface area (Å²) in [4.78, 5) is 10.3. The van der Waals surface area contributed by atoms with E-state index < -0.39 is 0 Å². The Morgan fingerprint density at radius 2 is 1.12 bits per heavy atom. The number of fused-ring (bicyclic) bond motifs is 9. The van der Waals surface area contributed by atoms with Crippen molar-refractivity contribution in [1.82, 2.24) is 9.88 Å². The van der Waals surface area contributed by atoms with Gasteiger partial charge in [0.1, 0.15) is 12.0 Å². The number of aliphatic imine (C=N–C) groups is 2. The summed E-state index contributed by atoms with van der Waals surface area (Å²) in [5.41, 5.74) is 9.28. The molecule has 57 heavy (non-hydrogen) atoms. The minimum Gasteiger partial charge on any atom is -0.344 e. The van der Waals surface area contributed by atoms with Crippen molar-refractivity contribution in [2.24, 2.45) is 9.98 Å². The third-order valence-corrected chi connectivity index (χ3v) is 13.5. The van der Waals surface area contributed by atoms with Gasteiger partial charge in [-0.05, 0) is 59.7 Å². The molecule has 1 N–H and O–H groups in total. The lowest BCUT2D eigenvalue weighted by Gasteiger charge is -2.24. The molecule has 0 radical (unpaired) electrons. The predicted octanol–water partition coefficient (Wildman–Crippen LogP) is 13.7. The van der Waals surface area contributed by atoms with E-state index in [0.717, 1.165) is 28.4 Å². The van der Waals surface area contributed by atoms with Gasteiger partial charge in [-0.3, -0.25) is 0 Å². The van der Waals surface area contributed by atoms with Crippen LogP contribution in [0.25, 0.3) is 79.0 Å². The topological polar surface area (TPSA) is 41.7 Å². The molecule has 0 amide bonds. The number of rotatable bonds is 5. The molecule has 0 saturated carbocycles. The summed E-state index contributed by atoms with van der Waals surface area (Å²) >= 11 is 3.71. The van der Waals surface area contributed by atoms with Crippen molar-refractivity contribution in [3.63, 3.8) is 0 Å². The van der Waals surface area contributed by atoms with E-state index in [2.05, 4.69) is 168 Å². The van der Waals surface area contributed by atoms with Crippen LogP contribution in [0.15, 0.2) is 192 Å². The van der Waals surface area contributed by atoms with E-state index in [1.807, 2.05) is 46.9 Å². The number of nitrogens with zero attached hydrogens (tertiary/aromatic N) is 3. The fourth-order valence-corrected chi connectivity index (χ4v) is 11.0. The number of benzene rings is 8. The Bertz CT molecular complexity index is 3390. The van der Waals surface area contributed by atoms with Gasteiger partial charge in [0.25, 0.3) is 0 Å². The second-order valence-corrected chi connectivity index (χ2v) is 16.7. The van der Waals surface area contributed by atoms with Gasteiger partial charge >= 0.3 is 0 Å². The minimum absolute atomic E-state index is 0.314. The fourth-order valence-electron chi connectivity index (χ4n) is 8.71. The zero-order valence-electron chi connectivity index (χ0n) is 30.6. The van der Waals surface area contributed by atoms with Gasteiger partial charge < -0.3 is 9.88 Å². The van der Waals surface area contributed by atoms with Gasteiger partial charge in [0, 0.05) is 73.5 Å². The highest BCUT2D eigenvalue weighted by Gasteiger charge is 2.24. The second-order valence-electron chi connectivity index (χ2n) is 14.6. The van der Waals surface area contributed by atoms with Gasteiger partial charge in [-0.25, -0.2) is 9.98 Å². The van der Waals surface area contributed by atoms with E-state index in [4.69, 9.17) is 9.98 Å². The molecule has 4 heterocycles. The first-order valence-corrected chi connectivity index (χ1v) is 20.8. The van der Waals surface area contributed by atoms with E-state index in [0.29, 0.717) is 0 Å². The second kappa shape index (κ2) is 12.8. The van der Waals surface area contributed by atoms with E-state index in [1.54, 1.807) is 0 Å². The number of nitrogens with one attached hydrogen (secondary N) is 1. The van der Waals surface area contributed by atoms with Crippen LogP contribution in [-0.2, 0) is 0 Å². The predicted molar refractivity (Wildman–Crippen MR) is 244 cm³/mol. The van der Waals surface area contributed by atoms with Crippen molar-refractivity contribution in [1.29, 1.82) is 0 Å². The van der Waals surface area contributed by atoms with Crippen molar-refractivity contribution >= 4 is 96.5 Å². The van der Waals surface area contributed by atoms with Crippen molar-refractivity contribution in [3.05, 3.63) is 199 Å². The minimum atomic E-state index is -0.314.